The van der Waals surface area contributed by atoms with Gasteiger partial charge in [-0.25, -0.2) is 0 Å². The van der Waals surface area contributed by atoms with Crippen LogP contribution in [0, 0.1) is 0 Å². The number of aryl methyl sites for hydroxylation is 1. The molecule has 0 aromatic carbocycles. The lowest BCUT2D eigenvalue weighted by molar-refractivity contribution is 0.154. The average Bonchev–Trinajstić information content (AvgIpc) is 2.91. The van der Waals surface area contributed by atoms with Crippen molar-refractivity contribution in [3.63, 3.8) is 0 Å². The molecule has 0 atom stereocenters. The highest BCUT2D eigenvalue weighted by molar-refractivity contribution is 4.91. The van der Waals surface area contributed by atoms with Crippen LogP contribution in [0.15, 0.2) is 6.20 Å². The molecule has 1 aromatic heterocycles. The fourth-order valence-corrected chi connectivity index (χ4v) is 2.29. The monoisotopic (exact) mass is 282 g/mol. The van der Waals surface area contributed by atoms with Crippen molar-refractivity contribution in [2.45, 2.75) is 19.5 Å². The maximum absolute atomic E-state index is 8.77. The Labute approximate surface area is 120 Å². The number of rotatable bonds is 8. The molecule has 0 aliphatic carbocycles. The number of aromatic nitrogens is 3. The molecule has 0 unspecified atom stereocenters. The van der Waals surface area contributed by atoms with E-state index in [1.54, 1.807) is 4.68 Å². The first kappa shape index (κ1) is 15.4. The van der Waals surface area contributed by atoms with Gasteiger partial charge in [-0.05, 0) is 13.5 Å². The third-order valence-electron chi connectivity index (χ3n) is 3.64. The fraction of sp³-hybridized carbons (Fsp3) is 0.846. The quantitative estimate of drug-likeness (QED) is 0.596. The minimum Gasteiger partial charge on any atom is -0.396 e. The molecule has 20 heavy (non-hydrogen) atoms. The van der Waals surface area contributed by atoms with Crippen molar-refractivity contribution < 1.29 is 5.11 Å². The molecule has 0 radical (unpaired) electrons. The van der Waals surface area contributed by atoms with Crippen molar-refractivity contribution in [3.05, 3.63) is 11.9 Å². The second-order valence-electron chi connectivity index (χ2n) is 5.37. The third-order valence-corrected chi connectivity index (χ3v) is 3.64. The molecule has 0 amide bonds. The Bertz CT molecular complexity index is 375. The van der Waals surface area contributed by atoms with E-state index in [9.17, 15) is 0 Å². The van der Waals surface area contributed by atoms with Gasteiger partial charge in [-0.15, -0.1) is 5.10 Å². The second kappa shape index (κ2) is 8.31. The summed E-state index contributed by atoms with van der Waals surface area (Å²) in [6, 6.07) is 0. The lowest BCUT2D eigenvalue weighted by Crippen LogP contribution is -2.46. The van der Waals surface area contributed by atoms with Crippen LogP contribution in [0.3, 0.4) is 0 Å². The van der Waals surface area contributed by atoms with E-state index in [1.165, 1.54) is 13.1 Å². The van der Waals surface area contributed by atoms with Gasteiger partial charge in [0.25, 0.3) is 0 Å². The summed E-state index contributed by atoms with van der Waals surface area (Å²) in [6.45, 7) is 8.40. The van der Waals surface area contributed by atoms with Gasteiger partial charge in [0.1, 0.15) is 0 Å². The van der Waals surface area contributed by atoms with Gasteiger partial charge < -0.3 is 15.3 Å². The van der Waals surface area contributed by atoms with Crippen molar-refractivity contribution >= 4 is 0 Å². The molecule has 7 nitrogen and oxygen atoms in total. The topological polar surface area (TPSA) is 69.5 Å². The van der Waals surface area contributed by atoms with Gasteiger partial charge in [0.05, 0.1) is 5.69 Å². The summed E-state index contributed by atoms with van der Waals surface area (Å²) in [5, 5.41) is 20.3. The maximum atomic E-state index is 8.77. The van der Waals surface area contributed by atoms with Gasteiger partial charge in [0, 0.05) is 65.2 Å². The first-order valence-corrected chi connectivity index (χ1v) is 7.39. The smallest absolute Gasteiger partial charge is 0.0964 e. The maximum Gasteiger partial charge on any atom is 0.0964 e. The number of nitrogens with zero attached hydrogens (tertiary/aromatic N) is 5. The van der Waals surface area contributed by atoms with Crippen LogP contribution in [0.5, 0.6) is 0 Å². The summed E-state index contributed by atoms with van der Waals surface area (Å²) < 4.78 is 1.79. The first-order chi connectivity index (χ1) is 9.78. The van der Waals surface area contributed by atoms with Gasteiger partial charge in [-0.3, -0.25) is 9.58 Å². The molecule has 0 bridgehead atoms. The molecule has 0 spiro atoms. The van der Waals surface area contributed by atoms with Crippen molar-refractivity contribution in [2.75, 3.05) is 52.9 Å². The van der Waals surface area contributed by atoms with Crippen LogP contribution in [0.4, 0.5) is 0 Å². The summed E-state index contributed by atoms with van der Waals surface area (Å²) in [4.78, 5) is 4.86. The highest BCUT2D eigenvalue weighted by atomic mass is 16.3. The highest BCUT2D eigenvalue weighted by Gasteiger charge is 2.12. The molecule has 2 rings (SSSR count). The number of piperazine rings is 1. The number of aliphatic hydroxyl groups is 1. The summed E-state index contributed by atoms with van der Waals surface area (Å²) in [6.07, 6.45) is 2.66. The Morgan fingerprint density at radius 2 is 2.05 bits per heavy atom. The Morgan fingerprint density at radius 1 is 1.25 bits per heavy atom. The van der Waals surface area contributed by atoms with E-state index in [0.29, 0.717) is 0 Å². The standard InChI is InChI=1S/C13H26N6O/c1-17-6-8-18(9-7-17)5-3-14-11-13-12-19(16-15-13)4-2-10-20/h12,14,20H,2-11H2,1H3. The third kappa shape index (κ3) is 5.16. The lowest BCUT2D eigenvalue weighted by atomic mass is 10.3. The normalized spacial score (nSPS) is 17.7. The molecule has 7 heteroatoms. The predicted molar refractivity (Wildman–Crippen MR) is 77.4 cm³/mol. The van der Waals surface area contributed by atoms with E-state index in [4.69, 9.17) is 5.11 Å². The zero-order valence-electron chi connectivity index (χ0n) is 12.3. The van der Waals surface area contributed by atoms with Crippen LogP contribution < -0.4 is 5.32 Å². The van der Waals surface area contributed by atoms with Gasteiger partial charge in [0.15, 0.2) is 0 Å². The van der Waals surface area contributed by atoms with Gasteiger partial charge in [0.2, 0.25) is 0 Å². The number of likely N-dealkylation sites (N-methyl/N-ethyl adjacent to an activating group) is 1. The van der Waals surface area contributed by atoms with E-state index < -0.39 is 0 Å². The molecule has 0 saturated carbocycles. The van der Waals surface area contributed by atoms with E-state index in [0.717, 1.165) is 51.4 Å². The van der Waals surface area contributed by atoms with Crippen LogP contribution in [0.2, 0.25) is 0 Å². The van der Waals surface area contributed by atoms with Gasteiger partial charge in [-0.1, -0.05) is 5.21 Å². The van der Waals surface area contributed by atoms with E-state index in [1.807, 2.05) is 6.20 Å². The average molecular weight is 282 g/mol. The zero-order valence-corrected chi connectivity index (χ0v) is 12.3. The van der Waals surface area contributed by atoms with E-state index >= 15 is 0 Å². The fourth-order valence-electron chi connectivity index (χ4n) is 2.29. The zero-order chi connectivity index (χ0) is 14.2. The molecule has 1 saturated heterocycles. The Morgan fingerprint density at radius 3 is 2.80 bits per heavy atom. The van der Waals surface area contributed by atoms with Crippen molar-refractivity contribution in [1.82, 2.24) is 30.1 Å². The van der Waals surface area contributed by atoms with Crippen molar-refractivity contribution in [1.29, 1.82) is 0 Å². The molecular weight excluding hydrogens is 256 g/mol. The molecule has 1 aliphatic rings. The van der Waals surface area contributed by atoms with Crippen molar-refractivity contribution in [2.24, 2.45) is 0 Å². The summed E-state index contributed by atoms with van der Waals surface area (Å²) in [7, 11) is 2.18. The first-order valence-electron chi connectivity index (χ1n) is 7.39. The second-order valence-corrected chi connectivity index (χ2v) is 5.37. The summed E-state index contributed by atoms with van der Waals surface area (Å²) in [5.41, 5.74) is 0.960. The highest BCUT2D eigenvalue weighted by Crippen LogP contribution is 1.98. The molecule has 1 aromatic rings. The predicted octanol–water partition coefficient (Wildman–Crippen LogP) is -1.00. The number of nitrogens with one attached hydrogen (secondary N) is 1. The largest absolute Gasteiger partial charge is 0.396 e. The van der Waals surface area contributed by atoms with E-state index in [-0.39, 0.29) is 6.61 Å². The molecular formula is C13H26N6O. The minimum absolute atomic E-state index is 0.193. The number of hydrogen-bond donors (Lipinski definition) is 2. The number of aliphatic hydroxyl groups excluding tert-OH is 1. The Kier molecular flexibility index (Phi) is 6.38. The molecule has 1 fully saturated rings. The van der Waals surface area contributed by atoms with Crippen LogP contribution in [0.25, 0.3) is 0 Å². The molecule has 1 aliphatic heterocycles. The molecule has 2 N–H and O–H groups in total. The Balaban J connectivity index is 1.57. The summed E-state index contributed by atoms with van der Waals surface area (Å²) in [5.74, 6) is 0. The summed E-state index contributed by atoms with van der Waals surface area (Å²) >= 11 is 0. The van der Waals surface area contributed by atoms with Gasteiger partial charge in [-0.2, -0.15) is 0 Å². The van der Waals surface area contributed by atoms with Crippen LogP contribution >= 0.6 is 0 Å². The van der Waals surface area contributed by atoms with Crippen LogP contribution in [-0.2, 0) is 13.1 Å². The van der Waals surface area contributed by atoms with Crippen LogP contribution in [0.1, 0.15) is 12.1 Å². The van der Waals surface area contributed by atoms with Gasteiger partial charge >= 0.3 is 0 Å². The number of hydrogen-bond acceptors (Lipinski definition) is 6. The van der Waals surface area contributed by atoms with E-state index in [2.05, 4.69) is 32.5 Å². The van der Waals surface area contributed by atoms with Crippen LogP contribution in [-0.4, -0.2) is 82.8 Å². The molecule has 114 valence electrons. The SMILES string of the molecule is CN1CCN(CCNCc2cn(CCCO)nn2)CC1. The molecule has 2 heterocycles. The van der Waals surface area contributed by atoms with Crippen molar-refractivity contribution in [3.8, 4) is 0 Å². The minimum atomic E-state index is 0.193. The lowest BCUT2D eigenvalue weighted by Gasteiger charge is -2.32. The Hall–Kier alpha value is -1.02.